The van der Waals surface area contributed by atoms with Gasteiger partial charge in [-0.3, -0.25) is 4.79 Å². The average Bonchev–Trinajstić information content (AvgIpc) is 2.81. The van der Waals surface area contributed by atoms with E-state index in [4.69, 9.17) is 4.74 Å². The molecule has 1 aliphatic rings. The molecular formula is C12H24N2O2. The molecule has 1 rings (SSSR count). The molecule has 0 saturated carbocycles. The molecule has 1 heterocycles. The minimum atomic E-state index is 0.0426. The van der Waals surface area contributed by atoms with E-state index in [0.29, 0.717) is 0 Å². The van der Waals surface area contributed by atoms with Gasteiger partial charge >= 0.3 is 0 Å². The first-order chi connectivity index (χ1) is 7.84. The van der Waals surface area contributed by atoms with Crippen LogP contribution in [0.2, 0.25) is 0 Å². The Morgan fingerprint density at radius 3 is 2.94 bits per heavy atom. The second kappa shape index (κ2) is 8.53. The standard InChI is InChI=1S/C12H24N2O2/c1-2-3-9-16-10-5-8-14-12(15)11-6-4-7-13-11/h11,13H,2-10H2,1H3,(H,14,15)/t11-/m1/s1. The van der Waals surface area contributed by atoms with E-state index in [9.17, 15) is 4.79 Å². The zero-order valence-electron chi connectivity index (χ0n) is 10.3. The van der Waals surface area contributed by atoms with Crippen molar-refractivity contribution in [3.63, 3.8) is 0 Å². The molecule has 0 bridgehead atoms. The molecule has 4 heteroatoms. The van der Waals surface area contributed by atoms with Gasteiger partial charge in [0.05, 0.1) is 6.04 Å². The number of carbonyl (C=O) groups excluding carboxylic acids is 1. The number of hydrogen-bond acceptors (Lipinski definition) is 3. The first-order valence-corrected chi connectivity index (χ1v) is 6.43. The number of hydrogen-bond donors (Lipinski definition) is 2. The average molecular weight is 228 g/mol. The van der Waals surface area contributed by atoms with Crippen molar-refractivity contribution in [2.75, 3.05) is 26.3 Å². The summed E-state index contributed by atoms with van der Waals surface area (Å²) in [6, 6.07) is 0.0426. The highest BCUT2D eigenvalue weighted by atomic mass is 16.5. The van der Waals surface area contributed by atoms with Crippen molar-refractivity contribution in [2.24, 2.45) is 0 Å². The van der Waals surface area contributed by atoms with Gasteiger partial charge in [0.25, 0.3) is 0 Å². The van der Waals surface area contributed by atoms with Gasteiger partial charge in [-0.05, 0) is 32.2 Å². The fourth-order valence-electron chi connectivity index (χ4n) is 1.77. The molecule has 0 spiro atoms. The van der Waals surface area contributed by atoms with Crippen LogP contribution >= 0.6 is 0 Å². The number of ether oxygens (including phenoxy) is 1. The Morgan fingerprint density at radius 2 is 2.25 bits per heavy atom. The summed E-state index contributed by atoms with van der Waals surface area (Å²) >= 11 is 0. The Hall–Kier alpha value is -0.610. The summed E-state index contributed by atoms with van der Waals surface area (Å²) in [5.41, 5.74) is 0. The highest BCUT2D eigenvalue weighted by Crippen LogP contribution is 2.04. The van der Waals surface area contributed by atoms with E-state index in [0.717, 1.165) is 52.0 Å². The van der Waals surface area contributed by atoms with Crippen LogP contribution in [0.1, 0.15) is 39.0 Å². The molecule has 2 N–H and O–H groups in total. The molecular weight excluding hydrogens is 204 g/mol. The summed E-state index contributed by atoms with van der Waals surface area (Å²) < 4.78 is 5.41. The predicted octanol–water partition coefficient (Wildman–Crippen LogP) is 1.06. The van der Waals surface area contributed by atoms with Gasteiger partial charge < -0.3 is 15.4 Å². The maximum atomic E-state index is 11.6. The molecule has 0 aromatic rings. The quantitative estimate of drug-likeness (QED) is 0.611. The third-order valence-corrected chi connectivity index (χ3v) is 2.78. The summed E-state index contributed by atoms with van der Waals surface area (Å²) in [5.74, 6) is 0.144. The molecule has 0 aromatic carbocycles. The highest BCUT2D eigenvalue weighted by Gasteiger charge is 2.20. The maximum absolute atomic E-state index is 11.6. The van der Waals surface area contributed by atoms with Crippen LogP contribution in [0.5, 0.6) is 0 Å². The topological polar surface area (TPSA) is 50.4 Å². The van der Waals surface area contributed by atoms with Crippen LogP contribution in [-0.2, 0) is 9.53 Å². The van der Waals surface area contributed by atoms with Gasteiger partial charge in [-0.15, -0.1) is 0 Å². The van der Waals surface area contributed by atoms with Gasteiger partial charge in [0, 0.05) is 19.8 Å². The van der Waals surface area contributed by atoms with Gasteiger partial charge in [-0.25, -0.2) is 0 Å². The molecule has 4 nitrogen and oxygen atoms in total. The third-order valence-electron chi connectivity index (χ3n) is 2.78. The molecule has 94 valence electrons. The molecule has 1 atom stereocenters. The molecule has 1 amide bonds. The number of amides is 1. The maximum Gasteiger partial charge on any atom is 0.237 e. The van der Waals surface area contributed by atoms with Crippen LogP contribution in [0.25, 0.3) is 0 Å². The summed E-state index contributed by atoms with van der Waals surface area (Å²) in [4.78, 5) is 11.6. The van der Waals surface area contributed by atoms with Crippen LogP contribution in [-0.4, -0.2) is 38.3 Å². The molecule has 0 aliphatic carbocycles. The second-order valence-electron chi connectivity index (χ2n) is 4.26. The Bertz CT molecular complexity index is 191. The van der Waals surface area contributed by atoms with Crippen LogP contribution in [0.4, 0.5) is 0 Å². The van der Waals surface area contributed by atoms with Crippen LogP contribution < -0.4 is 10.6 Å². The third kappa shape index (κ3) is 5.47. The van der Waals surface area contributed by atoms with E-state index < -0.39 is 0 Å². The summed E-state index contributed by atoms with van der Waals surface area (Å²) in [7, 11) is 0. The van der Waals surface area contributed by atoms with Gasteiger partial charge in [0.1, 0.15) is 0 Å². The Kier molecular flexibility index (Phi) is 7.17. The lowest BCUT2D eigenvalue weighted by Gasteiger charge is -2.10. The van der Waals surface area contributed by atoms with Crippen LogP contribution in [0, 0.1) is 0 Å². The molecule has 0 unspecified atom stereocenters. The molecule has 1 saturated heterocycles. The number of unbranched alkanes of at least 4 members (excludes halogenated alkanes) is 1. The SMILES string of the molecule is CCCCOCCCNC(=O)[C@H]1CCCN1. The number of rotatable bonds is 8. The van der Waals surface area contributed by atoms with E-state index in [-0.39, 0.29) is 11.9 Å². The minimum Gasteiger partial charge on any atom is -0.381 e. The van der Waals surface area contributed by atoms with E-state index in [1.165, 1.54) is 6.42 Å². The minimum absolute atomic E-state index is 0.0426. The first-order valence-electron chi connectivity index (χ1n) is 6.43. The number of nitrogens with one attached hydrogen (secondary N) is 2. The smallest absolute Gasteiger partial charge is 0.237 e. The molecule has 1 aliphatic heterocycles. The lowest BCUT2D eigenvalue weighted by molar-refractivity contribution is -0.122. The second-order valence-corrected chi connectivity index (χ2v) is 4.26. The van der Waals surface area contributed by atoms with E-state index in [1.54, 1.807) is 0 Å². The largest absolute Gasteiger partial charge is 0.381 e. The monoisotopic (exact) mass is 228 g/mol. The zero-order chi connectivity index (χ0) is 11.6. The molecule has 16 heavy (non-hydrogen) atoms. The van der Waals surface area contributed by atoms with E-state index in [2.05, 4.69) is 17.6 Å². The van der Waals surface area contributed by atoms with Gasteiger partial charge in [0.2, 0.25) is 5.91 Å². The van der Waals surface area contributed by atoms with Crippen LogP contribution in [0.15, 0.2) is 0 Å². The fraction of sp³-hybridized carbons (Fsp3) is 0.917. The zero-order valence-corrected chi connectivity index (χ0v) is 10.3. The number of carbonyl (C=O) groups is 1. The van der Waals surface area contributed by atoms with Crippen molar-refractivity contribution in [1.82, 2.24) is 10.6 Å². The Balaban J connectivity index is 1.88. The highest BCUT2D eigenvalue weighted by molar-refractivity contribution is 5.81. The van der Waals surface area contributed by atoms with E-state index >= 15 is 0 Å². The molecule has 1 fully saturated rings. The normalized spacial score (nSPS) is 19.9. The van der Waals surface area contributed by atoms with Crippen molar-refractivity contribution in [3.05, 3.63) is 0 Å². The summed E-state index contributed by atoms with van der Waals surface area (Å²) in [6.45, 7) is 5.44. The summed E-state index contributed by atoms with van der Waals surface area (Å²) in [5, 5.41) is 6.12. The van der Waals surface area contributed by atoms with Gasteiger partial charge in [0.15, 0.2) is 0 Å². The summed E-state index contributed by atoms with van der Waals surface area (Å²) in [6.07, 6.45) is 5.28. The van der Waals surface area contributed by atoms with Crippen molar-refractivity contribution in [1.29, 1.82) is 0 Å². The Morgan fingerprint density at radius 1 is 1.44 bits per heavy atom. The van der Waals surface area contributed by atoms with Crippen LogP contribution in [0.3, 0.4) is 0 Å². The van der Waals surface area contributed by atoms with Gasteiger partial charge in [-0.1, -0.05) is 13.3 Å². The fourth-order valence-corrected chi connectivity index (χ4v) is 1.77. The molecule has 0 radical (unpaired) electrons. The Labute approximate surface area is 98.1 Å². The van der Waals surface area contributed by atoms with Crippen molar-refractivity contribution in [2.45, 2.75) is 45.1 Å². The van der Waals surface area contributed by atoms with E-state index in [1.807, 2.05) is 0 Å². The lowest BCUT2D eigenvalue weighted by atomic mass is 10.2. The first kappa shape index (κ1) is 13.5. The molecule has 0 aromatic heterocycles. The predicted molar refractivity (Wildman–Crippen MR) is 64.4 cm³/mol. The lowest BCUT2D eigenvalue weighted by Crippen LogP contribution is -2.40. The van der Waals surface area contributed by atoms with Crippen molar-refractivity contribution >= 4 is 5.91 Å². The van der Waals surface area contributed by atoms with Gasteiger partial charge in [-0.2, -0.15) is 0 Å². The van der Waals surface area contributed by atoms with Crippen molar-refractivity contribution < 1.29 is 9.53 Å². The van der Waals surface area contributed by atoms with Crippen molar-refractivity contribution in [3.8, 4) is 0 Å².